The second-order valence-electron chi connectivity index (χ2n) is 11.8. The van der Waals surface area contributed by atoms with Crippen LogP contribution >= 0.6 is 0 Å². The van der Waals surface area contributed by atoms with E-state index in [1.165, 1.54) is 68.1 Å². The molecule has 4 heteroatoms. The summed E-state index contributed by atoms with van der Waals surface area (Å²) in [6.45, 7) is 11.0. The maximum Gasteiger partial charge on any atom is 0.226 e. The van der Waals surface area contributed by atoms with Gasteiger partial charge in [0, 0.05) is 6.61 Å². The molecule has 0 radical (unpaired) electrons. The summed E-state index contributed by atoms with van der Waals surface area (Å²) in [4.78, 5) is 0. The molecule has 0 aromatic heterocycles. The van der Waals surface area contributed by atoms with Crippen molar-refractivity contribution < 1.29 is 18.9 Å². The fourth-order valence-corrected chi connectivity index (χ4v) is 5.38. The van der Waals surface area contributed by atoms with Gasteiger partial charge in [0.1, 0.15) is 17.6 Å². The van der Waals surface area contributed by atoms with Gasteiger partial charge < -0.3 is 18.9 Å². The monoisotopic (exact) mass is 602 g/mol. The summed E-state index contributed by atoms with van der Waals surface area (Å²) in [5, 5.41) is 0. The standard InChI is InChI=1S/C40H58O4/c1-5-9-12-13-14-19-30-41-35-26-22-33(23-27-35)37-20-15-16-21-38(37)34-24-28-36(29-25-34)44-40(43-32-18-11-7-3)39(8-4)42-31-17-10-6-2/h15-16,20-29,39-40H,5-14,17-19,30-32H2,1-4H3/t39-,40?/m0/s1. The molecule has 0 aliphatic carbocycles. The fourth-order valence-electron chi connectivity index (χ4n) is 5.38. The molecule has 0 aliphatic heterocycles. The highest BCUT2D eigenvalue weighted by molar-refractivity contribution is 5.83. The molecule has 0 N–H and O–H groups in total. The normalized spacial score (nSPS) is 12.6. The molecule has 3 rings (SSSR count). The van der Waals surface area contributed by atoms with Crippen molar-refractivity contribution in [3.63, 3.8) is 0 Å². The molecule has 242 valence electrons. The quantitative estimate of drug-likeness (QED) is 0.0755. The molecule has 44 heavy (non-hydrogen) atoms. The molecule has 0 aliphatic rings. The van der Waals surface area contributed by atoms with Crippen molar-refractivity contribution in [2.75, 3.05) is 19.8 Å². The minimum absolute atomic E-state index is 0.0911. The van der Waals surface area contributed by atoms with Gasteiger partial charge in [-0.15, -0.1) is 0 Å². The lowest BCUT2D eigenvalue weighted by Crippen LogP contribution is -2.36. The number of hydrogen-bond donors (Lipinski definition) is 0. The van der Waals surface area contributed by atoms with Gasteiger partial charge in [0.2, 0.25) is 6.29 Å². The number of benzene rings is 3. The van der Waals surface area contributed by atoms with Crippen molar-refractivity contribution in [1.29, 1.82) is 0 Å². The lowest BCUT2D eigenvalue weighted by Gasteiger charge is -2.27. The molecule has 0 amide bonds. The van der Waals surface area contributed by atoms with Crippen LogP contribution in [0, 0.1) is 0 Å². The first-order valence-corrected chi connectivity index (χ1v) is 17.5. The maximum atomic E-state index is 6.43. The van der Waals surface area contributed by atoms with Gasteiger partial charge in [-0.2, -0.15) is 0 Å². The Morgan fingerprint density at radius 2 is 0.955 bits per heavy atom. The van der Waals surface area contributed by atoms with E-state index in [2.05, 4.69) is 100 Å². The van der Waals surface area contributed by atoms with Crippen molar-refractivity contribution in [3.05, 3.63) is 72.8 Å². The largest absolute Gasteiger partial charge is 0.494 e. The molecule has 0 spiro atoms. The Bertz CT molecular complexity index is 1120. The van der Waals surface area contributed by atoms with Crippen LogP contribution in [-0.2, 0) is 9.47 Å². The smallest absolute Gasteiger partial charge is 0.226 e. The summed E-state index contributed by atoms with van der Waals surface area (Å²) >= 11 is 0. The topological polar surface area (TPSA) is 36.9 Å². The zero-order valence-corrected chi connectivity index (χ0v) is 28.0. The van der Waals surface area contributed by atoms with E-state index in [4.69, 9.17) is 18.9 Å². The molecule has 0 saturated carbocycles. The average molecular weight is 603 g/mol. The Morgan fingerprint density at radius 1 is 0.477 bits per heavy atom. The van der Waals surface area contributed by atoms with Crippen LogP contribution in [0.1, 0.15) is 111 Å². The Balaban J connectivity index is 1.64. The summed E-state index contributed by atoms with van der Waals surface area (Å²) in [6.07, 6.45) is 14.7. The van der Waals surface area contributed by atoms with Gasteiger partial charge >= 0.3 is 0 Å². The van der Waals surface area contributed by atoms with Gasteiger partial charge in [0.15, 0.2) is 0 Å². The van der Waals surface area contributed by atoms with Crippen LogP contribution in [-0.4, -0.2) is 32.2 Å². The second kappa shape index (κ2) is 21.8. The minimum Gasteiger partial charge on any atom is -0.494 e. The van der Waals surface area contributed by atoms with Crippen LogP contribution in [0.25, 0.3) is 22.3 Å². The van der Waals surface area contributed by atoms with E-state index in [0.717, 1.165) is 62.4 Å². The zero-order valence-electron chi connectivity index (χ0n) is 28.0. The summed E-state index contributed by atoms with van der Waals surface area (Å²) in [6, 6.07) is 25.5. The zero-order chi connectivity index (χ0) is 31.2. The maximum absolute atomic E-state index is 6.43. The van der Waals surface area contributed by atoms with Crippen molar-refractivity contribution in [2.24, 2.45) is 0 Å². The van der Waals surface area contributed by atoms with Crippen molar-refractivity contribution in [3.8, 4) is 33.8 Å². The van der Waals surface area contributed by atoms with E-state index in [-0.39, 0.29) is 6.10 Å². The third-order valence-corrected chi connectivity index (χ3v) is 8.09. The third kappa shape index (κ3) is 12.7. The lowest BCUT2D eigenvalue weighted by atomic mass is 9.94. The van der Waals surface area contributed by atoms with E-state index < -0.39 is 6.29 Å². The predicted octanol–water partition coefficient (Wildman–Crippen LogP) is 11.7. The van der Waals surface area contributed by atoms with E-state index in [0.29, 0.717) is 6.61 Å². The van der Waals surface area contributed by atoms with Crippen molar-refractivity contribution in [1.82, 2.24) is 0 Å². The van der Waals surface area contributed by atoms with Crippen LogP contribution in [0.15, 0.2) is 72.8 Å². The number of hydrogen-bond acceptors (Lipinski definition) is 4. The molecule has 0 saturated heterocycles. The first kappa shape index (κ1) is 35.7. The average Bonchev–Trinajstić information content (AvgIpc) is 3.06. The Hall–Kier alpha value is -2.82. The van der Waals surface area contributed by atoms with Gasteiger partial charge in [0.05, 0.1) is 13.2 Å². The van der Waals surface area contributed by atoms with Crippen molar-refractivity contribution >= 4 is 0 Å². The van der Waals surface area contributed by atoms with Gasteiger partial charge in [0.25, 0.3) is 0 Å². The minimum atomic E-state index is -0.418. The molecule has 4 nitrogen and oxygen atoms in total. The molecule has 0 bridgehead atoms. The highest BCUT2D eigenvalue weighted by atomic mass is 16.7. The molecular weight excluding hydrogens is 544 g/mol. The summed E-state index contributed by atoms with van der Waals surface area (Å²) in [7, 11) is 0. The highest BCUT2D eigenvalue weighted by Crippen LogP contribution is 2.34. The molecular formula is C40H58O4. The fraction of sp³-hybridized carbons (Fsp3) is 0.550. The van der Waals surface area contributed by atoms with Gasteiger partial charge in [-0.25, -0.2) is 0 Å². The molecule has 1 unspecified atom stereocenters. The number of rotatable bonds is 24. The number of unbranched alkanes of at least 4 members (excludes halogenated alkanes) is 9. The molecule has 0 fully saturated rings. The predicted molar refractivity (Wildman–Crippen MR) is 186 cm³/mol. The first-order chi connectivity index (χ1) is 21.7. The molecule has 3 aromatic rings. The number of ether oxygens (including phenoxy) is 4. The Morgan fingerprint density at radius 3 is 1.52 bits per heavy atom. The van der Waals surface area contributed by atoms with E-state index in [1.54, 1.807) is 0 Å². The molecule has 0 heterocycles. The lowest BCUT2D eigenvalue weighted by molar-refractivity contribution is -0.165. The van der Waals surface area contributed by atoms with Crippen molar-refractivity contribution in [2.45, 2.75) is 124 Å². The molecule has 2 atom stereocenters. The van der Waals surface area contributed by atoms with Gasteiger partial charge in [-0.05, 0) is 72.2 Å². The second-order valence-corrected chi connectivity index (χ2v) is 11.8. The molecule has 3 aromatic carbocycles. The van der Waals surface area contributed by atoms with E-state index >= 15 is 0 Å². The SMILES string of the molecule is CCCCCCCCOc1ccc(-c2ccccc2-c2ccc(OC(OCCCCC)[C@H](CC)OCCCCC)cc2)cc1. The summed E-state index contributed by atoms with van der Waals surface area (Å²) < 4.78 is 24.9. The van der Waals surface area contributed by atoms with Crippen LogP contribution in [0.3, 0.4) is 0 Å². The van der Waals surface area contributed by atoms with Crippen LogP contribution in [0.2, 0.25) is 0 Å². The van der Waals surface area contributed by atoms with Crippen LogP contribution < -0.4 is 9.47 Å². The van der Waals surface area contributed by atoms with E-state index in [1.807, 2.05) is 0 Å². The van der Waals surface area contributed by atoms with Crippen LogP contribution in [0.4, 0.5) is 0 Å². The summed E-state index contributed by atoms with van der Waals surface area (Å²) in [5.74, 6) is 1.74. The highest BCUT2D eigenvalue weighted by Gasteiger charge is 2.23. The van der Waals surface area contributed by atoms with E-state index in [9.17, 15) is 0 Å². The summed E-state index contributed by atoms with van der Waals surface area (Å²) in [5.41, 5.74) is 4.73. The first-order valence-electron chi connectivity index (χ1n) is 17.5. The van der Waals surface area contributed by atoms with Crippen LogP contribution in [0.5, 0.6) is 11.5 Å². The third-order valence-electron chi connectivity index (χ3n) is 8.09. The van der Waals surface area contributed by atoms with Gasteiger partial charge in [-0.1, -0.05) is 134 Å². The Labute approximate surface area is 268 Å². The Kier molecular flexibility index (Phi) is 17.7. The van der Waals surface area contributed by atoms with Gasteiger partial charge in [-0.3, -0.25) is 0 Å².